The normalized spacial score (nSPS) is 11.2. The van der Waals surface area contributed by atoms with Gasteiger partial charge in [-0.3, -0.25) is 10.4 Å². The Labute approximate surface area is 181 Å². The number of hydrogen-bond acceptors (Lipinski definition) is 5. The van der Waals surface area contributed by atoms with E-state index in [0.29, 0.717) is 11.8 Å². The Hall–Kier alpha value is -2.50. The van der Waals surface area contributed by atoms with Gasteiger partial charge < -0.3 is 9.64 Å². The molecule has 0 spiro atoms. The summed E-state index contributed by atoms with van der Waals surface area (Å²) in [5.41, 5.74) is 7.92. The van der Waals surface area contributed by atoms with Crippen LogP contribution in [0.15, 0.2) is 53.6 Å². The zero-order valence-corrected chi connectivity index (χ0v) is 18.0. The molecule has 0 aliphatic rings. The summed E-state index contributed by atoms with van der Waals surface area (Å²) in [6.45, 7) is 3.49. The topological polar surface area (TPSA) is 49.8 Å². The molecule has 0 atom stereocenters. The first-order valence-corrected chi connectivity index (χ1v) is 10.4. The van der Waals surface area contributed by atoms with Gasteiger partial charge in [-0.25, -0.2) is 0 Å². The second kappa shape index (κ2) is 10.3. The molecule has 0 radical (unpaired) electrons. The first-order valence-electron chi connectivity index (χ1n) is 9.36. The van der Waals surface area contributed by atoms with Crippen LogP contribution in [0.25, 0.3) is 10.9 Å². The van der Waals surface area contributed by atoms with Gasteiger partial charge in [0.2, 0.25) is 0 Å². The van der Waals surface area contributed by atoms with Crippen LogP contribution >= 0.6 is 23.2 Å². The fraction of sp³-hybridized carbons (Fsp3) is 0.273. The van der Waals surface area contributed by atoms with Crippen LogP contribution in [0, 0.1) is 6.92 Å². The van der Waals surface area contributed by atoms with Gasteiger partial charge in [-0.1, -0.05) is 12.1 Å². The molecule has 0 aliphatic heterocycles. The van der Waals surface area contributed by atoms with Gasteiger partial charge in [0.25, 0.3) is 0 Å². The maximum atomic E-state index is 5.88. The highest BCUT2D eigenvalue weighted by molar-refractivity contribution is 6.18. The Morgan fingerprint density at radius 1 is 1.07 bits per heavy atom. The van der Waals surface area contributed by atoms with Crippen LogP contribution in [0.1, 0.15) is 11.3 Å². The lowest BCUT2D eigenvalue weighted by molar-refractivity contribution is 0.415. The van der Waals surface area contributed by atoms with Gasteiger partial charge in [-0.05, 0) is 48.9 Å². The summed E-state index contributed by atoms with van der Waals surface area (Å²) in [7, 11) is 1.65. The molecule has 1 heterocycles. The smallest absolute Gasteiger partial charge is 0.119 e. The van der Waals surface area contributed by atoms with Crippen molar-refractivity contribution in [3.63, 3.8) is 0 Å². The number of methoxy groups -OCH3 is 1. The summed E-state index contributed by atoms with van der Waals surface area (Å²) in [6.07, 6.45) is 1.79. The van der Waals surface area contributed by atoms with Gasteiger partial charge in [0.15, 0.2) is 0 Å². The summed E-state index contributed by atoms with van der Waals surface area (Å²) in [5.74, 6) is 1.91. The number of hydrazone groups is 1. The van der Waals surface area contributed by atoms with Crippen molar-refractivity contribution in [1.29, 1.82) is 0 Å². The van der Waals surface area contributed by atoms with Crippen molar-refractivity contribution in [2.45, 2.75) is 6.92 Å². The van der Waals surface area contributed by atoms with E-state index in [1.165, 1.54) is 0 Å². The number of benzene rings is 2. The quantitative estimate of drug-likeness (QED) is 0.285. The number of aromatic nitrogens is 1. The number of hydrogen-bond donors (Lipinski definition) is 1. The molecule has 29 heavy (non-hydrogen) atoms. The SMILES string of the molecule is COc1ccc2nc(C)cc(NN=Cc3ccc(N(CCCl)CCCl)cc3)c2c1. The molecule has 0 amide bonds. The monoisotopic (exact) mass is 430 g/mol. The van der Waals surface area contributed by atoms with Crippen LogP contribution in [0.5, 0.6) is 5.75 Å². The van der Waals surface area contributed by atoms with Crippen LogP contribution in [0.3, 0.4) is 0 Å². The lowest BCUT2D eigenvalue weighted by atomic mass is 10.1. The van der Waals surface area contributed by atoms with E-state index in [-0.39, 0.29) is 0 Å². The number of pyridine rings is 1. The third-order valence-electron chi connectivity index (χ3n) is 4.51. The molecule has 0 unspecified atom stereocenters. The molecule has 2 aromatic carbocycles. The van der Waals surface area contributed by atoms with E-state index in [2.05, 4.69) is 32.5 Å². The van der Waals surface area contributed by atoms with Crippen molar-refractivity contribution < 1.29 is 4.74 Å². The summed E-state index contributed by atoms with van der Waals surface area (Å²) in [6, 6.07) is 15.9. The second-order valence-corrected chi connectivity index (χ2v) is 7.28. The molecule has 1 N–H and O–H groups in total. The first-order chi connectivity index (χ1) is 14.1. The lowest BCUT2D eigenvalue weighted by Gasteiger charge is -2.22. The van der Waals surface area contributed by atoms with Gasteiger partial charge >= 0.3 is 0 Å². The number of ether oxygens (including phenoxy) is 1. The number of alkyl halides is 2. The van der Waals surface area contributed by atoms with E-state index in [4.69, 9.17) is 27.9 Å². The highest BCUT2D eigenvalue weighted by Gasteiger charge is 2.06. The van der Waals surface area contributed by atoms with Crippen LogP contribution in [0.2, 0.25) is 0 Å². The van der Waals surface area contributed by atoms with Gasteiger partial charge in [0.05, 0.1) is 24.5 Å². The Balaban J connectivity index is 1.76. The Morgan fingerprint density at radius 2 is 1.79 bits per heavy atom. The molecule has 0 aliphatic carbocycles. The predicted octanol–water partition coefficient (Wildman–Crippen LogP) is 5.28. The van der Waals surface area contributed by atoms with Crippen LogP contribution in [0.4, 0.5) is 11.4 Å². The standard InChI is InChI=1S/C22H24Cl2N4O/c1-16-13-22(20-14-19(29-2)7-8-21(20)26-16)27-25-15-17-3-5-18(6-4-17)28(11-9-23)12-10-24/h3-8,13-15H,9-12H2,1-2H3,(H,26,27). The number of rotatable bonds is 9. The first kappa shape index (κ1) is 21.2. The molecule has 0 saturated heterocycles. The number of nitrogens with zero attached hydrogens (tertiary/aromatic N) is 3. The molecule has 7 heteroatoms. The maximum absolute atomic E-state index is 5.88. The van der Waals surface area contributed by atoms with Crippen molar-refractivity contribution in [1.82, 2.24) is 4.98 Å². The van der Waals surface area contributed by atoms with Crippen molar-refractivity contribution in [2.75, 3.05) is 42.3 Å². The molecule has 1 aromatic heterocycles. The minimum atomic E-state index is 0.564. The number of fused-ring (bicyclic) bond motifs is 1. The van der Waals surface area contributed by atoms with E-state index in [0.717, 1.165) is 52.4 Å². The van der Waals surface area contributed by atoms with E-state index in [1.807, 2.05) is 43.3 Å². The number of anilines is 2. The predicted molar refractivity (Wildman–Crippen MR) is 124 cm³/mol. The summed E-state index contributed by atoms with van der Waals surface area (Å²) < 4.78 is 5.33. The van der Waals surface area contributed by atoms with E-state index in [1.54, 1.807) is 13.3 Å². The van der Waals surface area contributed by atoms with Gasteiger partial charge in [-0.15, -0.1) is 23.2 Å². The van der Waals surface area contributed by atoms with Gasteiger partial charge in [-0.2, -0.15) is 5.10 Å². The average molecular weight is 431 g/mol. The van der Waals surface area contributed by atoms with Gasteiger partial charge in [0, 0.05) is 41.6 Å². The third kappa shape index (κ3) is 5.52. The van der Waals surface area contributed by atoms with Crippen molar-refractivity contribution >= 4 is 51.7 Å². The highest BCUT2D eigenvalue weighted by atomic mass is 35.5. The molecule has 0 bridgehead atoms. The molecular weight excluding hydrogens is 407 g/mol. The minimum absolute atomic E-state index is 0.564. The highest BCUT2D eigenvalue weighted by Crippen LogP contribution is 2.27. The average Bonchev–Trinajstić information content (AvgIpc) is 2.74. The minimum Gasteiger partial charge on any atom is -0.497 e. The number of aryl methyl sites for hydroxylation is 1. The number of halogens is 2. The molecule has 3 aromatic rings. The molecule has 152 valence electrons. The van der Waals surface area contributed by atoms with Gasteiger partial charge in [0.1, 0.15) is 5.75 Å². The van der Waals surface area contributed by atoms with Crippen molar-refractivity contribution in [3.8, 4) is 5.75 Å². The Kier molecular flexibility index (Phi) is 7.55. The summed E-state index contributed by atoms with van der Waals surface area (Å²) in [5, 5.41) is 5.36. The fourth-order valence-electron chi connectivity index (χ4n) is 3.08. The van der Waals surface area contributed by atoms with E-state index < -0.39 is 0 Å². The van der Waals surface area contributed by atoms with Crippen molar-refractivity contribution in [3.05, 3.63) is 59.8 Å². The molecule has 3 rings (SSSR count). The van der Waals surface area contributed by atoms with Crippen LogP contribution in [-0.2, 0) is 0 Å². The third-order valence-corrected chi connectivity index (χ3v) is 4.85. The molecule has 0 saturated carbocycles. The molecule has 5 nitrogen and oxygen atoms in total. The summed E-state index contributed by atoms with van der Waals surface area (Å²) >= 11 is 11.8. The fourth-order valence-corrected chi connectivity index (χ4v) is 3.49. The Morgan fingerprint density at radius 3 is 2.45 bits per heavy atom. The van der Waals surface area contributed by atoms with Crippen LogP contribution < -0.4 is 15.1 Å². The zero-order valence-electron chi connectivity index (χ0n) is 16.5. The second-order valence-electron chi connectivity index (χ2n) is 6.52. The van der Waals surface area contributed by atoms with E-state index in [9.17, 15) is 0 Å². The lowest BCUT2D eigenvalue weighted by Crippen LogP contribution is -2.27. The Bertz CT molecular complexity index is 970. The number of nitrogens with one attached hydrogen (secondary N) is 1. The summed E-state index contributed by atoms with van der Waals surface area (Å²) in [4.78, 5) is 6.73. The largest absolute Gasteiger partial charge is 0.497 e. The van der Waals surface area contributed by atoms with Crippen molar-refractivity contribution in [2.24, 2.45) is 5.10 Å². The van der Waals surface area contributed by atoms with Crippen LogP contribution in [-0.4, -0.2) is 43.2 Å². The molecule has 0 fully saturated rings. The zero-order chi connectivity index (χ0) is 20.6. The maximum Gasteiger partial charge on any atom is 0.119 e. The van der Waals surface area contributed by atoms with E-state index >= 15 is 0 Å². The molecular formula is C22H24Cl2N4O.